The van der Waals surface area contributed by atoms with Crippen LogP contribution in [0.15, 0.2) is 24.3 Å². The molecule has 0 heterocycles. The SMILES string of the molecule is CSC1(C)C=CC=CC1C=O. The first-order valence-electron chi connectivity index (χ1n) is 3.59. The van der Waals surface area contributed by atoms with Gasteiger partial charge in [0.1, 0.15) is 6.29 Å². The molecule has 2 unspecified atom stereocenters. The van der Waals surface area contributed by atoms with Crippen molar-refractivity contribution in [1.82, 2.24) is 0 Å². The first-order chi connectivity index (χ1) is 5.23. The molecule has 0 aromatic carbocycles. The van der Waals surface area contributed by atoms with E-state index in [1.54, 1.807) is 11.8 Å². The predicted molar refractivity (Wildman–Crippen MR) is 49.8 cm³/mol. The van der Waals surface area contributed by atoms with Crippen molar-refractivity contribution in [1.29, 1.82) is 0 Å². The Balaban J connectivity index is 2.85. The summed E-state index contributed by atoms with van der Waals surface area (Å²) in [4.78, 5) is 10.6. The molecule has 1 aliphatic carbocycles. The molecule has 0 fully saturated rings. The number of rotatable bonds is 2. The Morgan fingerprint density at radius 2 is 2.27 bits per heavy atom. The molecule has 0 aromatic heterocycles. The van der Waals surface area contributed by atoms with E-state index in [-0.39, 0.29) is 10.7 Å². The van der Waals surface area contributed by atoms with Gasteiger partial charge in [-0.1, -0.05) is 24.3 Å². The minimum atomic E-state index is -0.0312. The van der Waals surface area contributed by atoms with Gasteiger partial charge in [0.25, 0.3) is 0 Å². The van der Waals surface area contributed by atoms with E-state index in [0.29, 0.717) is 0 Å². The highest BCUT2D eigenvalue weighted by molar-refractivity contribution is 8.00. The van der Waals surface area contributed by atoms with Gasteiger partial charge in [0.15, 0.2) is 0 Å². The summed E-state index contributed by atoms with van der Waals surface area (Å²) >= 11 is 1.71. The molecule has 0 aromatic rings. The highest BCUT2D eigenvalue weighted by Gasteiger charge is 2.29. The first-order valence-corrected chi connectivity index (χ1v) is 4.82. The summed E-state index contributed by atoms with van der Waals surface area (Å²) in [5.74, 6) is 0.0301. The zero-order valence-corrected chi connectivity index (χ0v) is 7.60. The Kier molecular flexibility index (Phi) is 2.55. The Morgan fingerprint density at radius 1 is 1.55 bits per heavy atom. The van der Waals surface area contributed by atoms with Gasteiger partial charge in [-0.2, -0.15) is 11.8 Å². The van der Waals surface area contributed by atoms with Gasteiger partial charge in [0, 0.05) is 4.75 Å². The predicted octanol–water partition coefficient (Wildman–Crippen LogP) is 2.05. The maximum Gasteiger partial charge on any atom is 0.128 e. The minimum absolute atomic E-state index is 0.0301. The summed E-state index contributed by atoms with van der Waals surface area (Å²) in [6.07, 6.45) is 11.0. The van der Waals surface area contributed by atoms with Gasteiger partial charge >= 0.3 is 0 Å². The number of thioether (sulfide) groups is 1. The highest BCUT2D eigenvalue weighted by Crippen LogP contribution is 2.34. The van der Waals surface area contributed by atoms with Crippen LogP contribution in [-0.4, -0.2) is 17.3 Å². The van der Waals surface area contributed by atoms with Gasteiger partial charge in [0.05, 0.1) is 5.92 Å². The lowest BCUT2D eigenvalue weighted by molar-refractivity contribution is -0.110. The van der Waals surface area contributed by atoms with Crippen molar-refractivity contribution in [3.05, 3.63) is 24.3 Å². The lowest BCUT2D eigenvalue weighted by atomic mass is 9.90. The van der Waals surface area contributed by atoms with Gasteiger partial charge in [-0.25, -0.2) is 0 Å². The fourth-order valence-electron chi connectivity index (χ4n) is 1.12. The molecule has 0 bridgehead atoms. The van der Waals surface area contributed by atoms with Gasteiger partial charge in [-0.05, 0) is 13.2 Å². The smallest absolute Gasteiger partial charge is 0.128 e. The fourth-order valence-corrected chi connectivity index (χ4v) is 1.74. The average molecular weight is 168 g/mol. The van der Waals surface area contributed by atoms with Crippen LogP contribution >= 0.6 is 11.8 Å². The van der Waals surface area contributed by atoms with E-state index in [1.807, 2.05) is 24.5 Å². The van der Waals surface area contributed by atoms with E-state index in [1.165, 1.54) is 0 Å². The fraction of sp³-hybridized carbons (Fsp3) is 0.444. The second-order valence-corrected chi connectivity index (χ2v) is 4.08. The summed E-state index contributed by atoms with van der Waals surface area (Å²) in [5.41, 5.74) is 0. The maximum atomic E-state index is 10.6. The molecule has 0 amide bonds. The lowest BCUT2D eigenvalue weighted by Gasteiger charge is -2.29. The summed E-state index contributed by atoms with van der Waals surface area (Å²) in [6.45, 7) is 2.08. The molecule has 11 heavy (non-hydrogen) atoms. The summed E-state index contributed by atoms with van der Waals surface area (Å²) in [5, 5.41) is 0. The van der Waals surface area contributed by atoms with E-state index in [4.69, 9.17) is 0 Å². The van der Waals surface area contributed by atoms with Crippen LogP contribution in [-0.2, 0) is 4.79 Å². The molecule has 0 saturated heterocycles. The number of allylic oxidation sites excluding steroid dienone is 3. The quantitative estimate of drug-likeness (QED) is 0.587. The van der Waals surface area contributed by atoms with Crippen LogP contribution in [0.25, 0.3) is 0 Å². The third kappa shape index (κ3) is 1.56. The van der Waals surface area contributed by atoms with Crippen molar-refractivity contribution < 1.29 is 4.79 Å². The third-order valence-corrected chi connectivity index (χ3v) is 3.39. The van der Waals surface area contributed by atoms with Crippen molar-refractivity contribution >= 4 is 18.0 Å². The maximum absolute atomic E-state index is 10.6. The Hall–Kier alpha value is -0.500. The highest BCUT2D eigenvalue weighted by atomic mass is 32.2. The number of aldehydes is 1. The molecule has 0 saturated carbocycles. The Morgan fingerprint density at radius 3 is 2.73 bits per heavy atom. The molecule has 60 valence electrons. The van der Waals surface area contributed by atoms with E-state index in [0.717, 1.165) is 6.29 Å². The van der Waals surface area contributed by atoms with Crippen molar-refractivity contribution in [2.45, 2.75) is 11.7 Å². The van der Waals surface area contributed by atoms with Crippen LogP contribution in [0.3, 0.4) is 0 Å². The third-order valence-electron chi connectivity index (χ3n) is 2.11. The molecular formula is C9H12OS. The van der Waals surface area contributed by atoms with Gasteiger partial charge in [-0.3, -0.25) is 0 Å². The molecule has 1 rings (SSSR count). The molecule has 0 N–H and O–H groups in total. The number of carbonyl (C=O) groups excluding carboxylic acids is 1. The van der Waals surface area contributed by atoms with E-state index in [2.05, 4.69) is 13.0 Å². The van der Waals surface area contributed by atoms with E-state index in [9.17, 15) is 4.79 Å². The van der Waals surface area contributed by atoms with Crippen LogP contribution in [0.4, 0.5) is 0 Å². The molecule has 0 aliphatic heterocycles. The standard InChI is InChI=1S/C9H12OS/c1-9(11-2)6-4-3-5-8(9)7-10/h3-8H,1-2H3. The molecule has 1 aliphatic rings. The van der Waals surface area contributed by atoms with Crippen LogP contribution in [0, 0.1) is 5.92 Å². The van der Waals surface area contributed by atoms with Crippen LogP contribution < -0.4 is 0 Å². The summed E-state index contributed by atoms with van der Waals surface area (Å²) < 4.78 is -0.0312. The molecule has 2 heteroatoms. The normalized spacial score (nSPS) is 35.6. The Labute approximate surface area is 71.6 Å². The largest absolute Gasteiger partial charge is 0.303 e. The van der Waals surface area contributed by atoms with Crippen molar-refractivity contribution in [2.24, 2.45) is 5.92 Å². The average Bonchev–Trinajstić information content (AvgIpc) is 2.05. The molecule has 0 spiro atoms. The first kappa shape index (κ1) is 8.60. The topological polar surface area (TPSA) is 17.1 Å². The zero-order valence-electron chi connectivity index (χ0n) is 6.78. The number of hydrogen-bond donors (Lipinski definition) is 0. The second-order valence-electron chi connectivity index (χ2n) is 2.79. The monoisotopic (exact) mass is 168 g/mol. The van der Waals surface area contributed by atoms with Crippen molar-refractivity contribution in [2.75, 3.05) is 6.26 Å². The van der Waals surface area contributed by atoms with Crippen molar-refractivity contribution in [3.8, 4) is 0 Å². The van der Waals surface area contributed by atoms with Crippen molar-refractivity contribution in [3.63, 3.8) is 0 Å². The molecule has 1 nitrogen and oxygen atoms in total. The van der Waals surface area contributed by atoms with Gasteiger partial charge < -0.3 is 4.79 Å². The summed E-state index contributed by atoms with van der Waals surface area (Å²) in [6, 6.07) is 0. The van der Waals surface area contributed by atoms with E-state index < -0.39 is 0 Å². The van der Waals surface area contributed by atoms with Crippen LogP contribution in [0.1, 0.15) is 6.92 Å². The van der Waals surface area contributed by atoms with Gasteiger partial charge in [0.2, 0.25) is 0 Å². The summed E-state index contributed by atoms with van der Waals surface area (Å²) in [7, 11) is 0. The van der Waals surface area contributed by atoms with E-state index >= 15 is 0 Å². The van der Waals surface area contributed by atoms with Gasteiger partial charge in [-0.15, -0.1) is 0 Å². The Bertz CT molecular complexity index is 208. The number of hydrogen-bond acceptors (Lipinski definition) is 2. The lowest BCUT2D eigenvalue weighted by Crippen LogP contribution is -2.29. The molecule has 2 atom stereocenters. The zero-order chi connectivity index (χ0) is 8.32. The minimum Gasteiger partial charge on any atom is -0.303 e. The second kappa shape index (κ2) is 3.26. The van der Waals surface area contributed by atoms with Crippen LogP contribution in [0.5, 0.6) is 0 Å². The molecular weight excluding hydrogens is 156 g/mol. The molecule has 0 radical (unpaired) electrons. The number of carbonyl (C=O) groups is 1. The van der Waals surface area contributed by atoms with Crippen LogP contribution in [0.2, 0.25) is 0 Å².